The number of aliphatic hydroxyl groups excluding tert-OH is 1. The predicted molar refractivity (Wildman–Crippen MR) is 60.1 cm³/mol. The maximum Gasteiger partial charge on any atom is 0.338 e. The molecule has 4 nitrogen and oxygen atoms in total. The molecule has 2 unspecified atom stereocenters. The molecule has 1 aliphatic rings. The summed E-state index contributed by atoms with van der Waals surface area (Å²) in [6.07, 6.45) is -0.745. The Hall–Kier alpha value is -1.04. The summed E-state index contributed by atoms with van der Waals surface area (Å²) in [6, 6.07) is 8.78. The fourth-order valence-electron chi connectivity index (χ4n) is 1.33. The van der Waals surface area contributed by atoms with Gasteiger partial charge in [-0.15, -0.1) is 11.8 Å². The van der Waals surface area contributed by atoms with Gasteiger partial charge in [-0.2, -0.15) is 0 Å². The van der Waals surface area contributed by atoms with Crippen LogP contribution in [-0.2, 0) is 9.47 Å². The average Bonchev–Trinajstić information content (AvgIpc) is 2.73. The van der Waals surface area contributed by atoms with Crippen molar-refractivity contribution in [2.75, 3.05) is 12.4 Å². The van der Waals surface area contributed by atoms with E-state index in [-0.39, 0.29) is 18.0 Å². The quantitative estimate of drug-likeness (QED) is 0.806. The van der Waals surface area contributed by atoms with Crippen molar-refractivity contribution in [2.45, 2.75) is 11.7 Å². The van der Waals surface area contributed by atoms with Crippen molar-refractivity contribution in [1.29, 1.82) is 0 Å². The van der Waals surface area contributed by atoms with E-state index in [2.05, 4.69) is 0 Å². The van der Waals surface area contributed by atoms with Gasteiger partial charge in [0.05, 0.1) is 5.56 Å². The molecule has 86 valence electrons. The number of aliphatic hydroxyl groups is 1. The summed E-state index contributed by atoms with van der Waals surface area (Å²) in [4.78, 5) is 11.5. The average molecular weight is 240 g/mol. The second kappa shape index (κ2) is 5.34. The van der Waals surface area contributed by atoms with Crippen molar-refractivity contribution in [3.63, 3.8) is 0 Å². The van der Waals surface area contributed by atoms with Gasteiger partial charge in [-0.1, -0.05) is 18.2 Å². The van der Waals surface area contributed by atoms with E-state index in [0.29, 0.717) is 11.3 Å². The Morgan fingerprint density at radius 1 is 1.50 bits per heavy atom. The number of hydrogen-bond donors (Lipinski definition) is 1. The van der Waals surface area contributed by atoms with E-state index in [0.717, 1.165) is 0 Å². The van der Waals surface area contributed by atoms with E-state index in [1.54, 1.807) is 24.3 Å². The summed E-state index contributed by atoms with van der Waals surface area (Å²) >= 11 is 1.44. The summed E-state index contributed by atoms with van der Waals surface area (Å²) in [5.74, 6) is 0.152. The van der Waals surface area contributed by atoms with Gasteiger partial charge < -0.3 is 14.6 Å². The Morgan fingerprint density at radius 3 is 2.88 bits per heavy atom. The lowest BCUT2D eigenvalue weighted by Gasteiger charge is -2.10. The lowest BCUT2D eigenvalue weighted by molar-refractivity contribution is -0.0918. The van der Waals surface area contributed by atoms with Gasteiger partial charge in [0.15, 0.2) is 6.29 Å². The molecule has 0 amide bonds. The molecule has 2 rings (SSSR count). The first-order chi connectivity index (χ1) is 7.75. The van der Waals surface area contributed by atoms with Crippen molar-refractivity contribution in [2.24, 2.45) is 0 Å². The van der Waals surface area contributed by atoms with E-state index in [9.17, 15) is 4.79 Å². The predicted octanol–water partition coefficient (Wildman–Crippen LogP) is 1.25. The van der Waals surface area contributed by atoms with Crippen molar-refractivity contribution >= 4 is 17.7 Å². The summed E-state index contributed by atoms with van der Waals surface area (Å²) in [5, 5.41) is 9.10. The van der Waals surface area contributed by atoms with Crippen LogP contribution in [0, 0.1) is 0 Å². The summed E-state index contributed by atoms with van der Waals surface area (Å²) in [6.45, 7) is 0.162. The monoisotopic (exact) mass is 240 g/mol. The molecule has 0 radical (unpaired) electrons. The van der Waals surface area contributed by atoms with Crippen LogP contribution in [0.4, 0.5) is 0 Å². The molecule has 0 saturated carbocycles. The molecule has 0 bridgehead atoms. The van der Waals surface area contributed by atoms with E-state index >= 15 is 0 Å². The molecule has 1 N–H and O–H groups in total. The van der Waals surface area contributed by atoms with Gasteiger partial charge in [-0.3, -0.25) is 0 Å². The second-order valence-corrected chi connectivity index (χ2v) is 4.51. The highest BCUT2D eigenvalue weighted by molar-refractivity contribution is 8.00. The van der Waals surface area contributed by atoms with Crippen molar-refractivity contribution in [1.82, 2.24) is 0 Å². The molecule has 1 fully saturated rings. The van der Waals surface area contributed by atoms with Crippen LogP contribution in [0.25, 0.3) is 0 Å². The first kappa shape index (κ1) is 11.4. The molecule has 16 heavy (non-hydrogen) atoms. The van der Waals surface area contributed by atoms with Gasteiger partial charge in [0, 0.05) is 5.75 Å². The normalized spacial score (nSPS) is 24.3. The lowest BCUT2D eigenvalue weighted by atomic mass is 10.2. The maximum atomic E-state index is 11.5. The fourth-order valence-corrected chi connectivity index (χ4v) is 2.16. The molecule has 5 heteroatoms. The first-order valence-electron chi connectivity index (χ1n) is 4.93. The largest absolute Gasteiger partial charge is 0.458 e. The lowest BCUT2D eigenvalue weighted by Crippen LogP contribution is -2.18. The highest BCUT2D eigenvalue weighted by atomic mass is 32.2. The highest BCUT2D eigenvalue weighted by Gasteiger charge is 2.25. The van der Waals surface area contributed by atoms with Crippen LogP contribution < -0.4 is 0 Å². The topological polar surface area (TPSA) is 55.8 Å². The summed E-state index contributed by atoms with van der Waals surface area (Å²) in [5.41, 5.74) is 0.258. The van der Waals surface area contributed by atoms with Gasteiger partial charge in [0.1, 0.15) is 12.0 Å². The Morgan fingerprint density at radius 2 is 2.25 bits per heavy atom. The van der Waals surface area contributed by atoms with Crippen LogP contribution in [0.15, 0.2) is 30.3 Å². The SMILES string of the molecule is O=C(OCC1OC(O)CS1)c1ccccc1. The minimum atomic E-state index is -0.745. The zero-order valence-corrected chi connectivity index (χ0v) is 9.35. The number of hydrogen-bond acceptors (Lipinski definition) is 5. The Labute approximate surface area is 97.6 Å². The molecule has 0 aromatic heterocycles. The first-order valence-corrected chi connectivity index (χ1v) is 5.98. The smallest absolute Gasteiger partial charge is 0.338 e. The van der Waals surface area contributed by atoms with E-state index in [1.807, 2.05) is 6.07 Å². The molecule has 1 aromatic rings. The minimum absolute atomic E-state index is 0.162. The second-order valence-electron chi connectivity index (χ2n) is 3.32. The zero-order chi connectivity index (χ0) is 11.4. The number of rotatable bonds is 3. The molecule has 1 heterocycles. The molecular formula is C11H12O4S. The van der Waals surface area contributed by atoms with Gasteiger partial charge in [0.25, 0.3) is 0 Å². The Kier molecular flexibility index (Phi) is 3.82. The third-order valence-corrected chi connectivity index (χ3v) is 3.19. The van der Waals surface area contributed by atoms with Gasteiger partial charge in [-0.05, 0) is 12.1 Å². The van der Waals surface area contributed by atoms with Crippen LogP contribution in [-0.4, -0.2) is 35.2 Å². The molecular weight excluding hydrogens is 228 g/mol. The minimum Gasteiger partial charge on any atom is -0.458 e. The van der Waals surface area contributed by atoms with Gasteiger partial charge >= 0.3 is 5.97 Å². The van der Waals surface area contributed by atoms with Gasteiger partial charge in [0.2, 0.25) is 0 Å². The van der Waals surface area contributed by atoms with Crippen molar-refractivity contribution < 1.29 is 19.4 Å². The van der Waals surface area contributed by atoms with E-state index in [1.165, 1.54) is 11.8 Å². The molecule has 1 saturated heterocycles. The van der Waals surface area contributed by atoms with Crippen LogP contribution in [0.1, 0.15) is 10.4 Å². The third kappa shape index (κ3) is 2.98. The van der Waals surface area contributed by atoms with Crippen LogP contribution in [0.3, 0.4) is 0 Å². The third-order valence-electron chi connectivity index (χ3n) is 2.09. The molecule has 2 atom stereocenters. The Bertz CT molecular complexity index is 354. The van der Waals surface area contributed by atoms with Crippen molar-refractivity contribution in [3.8, 4) is 0 Å². The highest BCUT2D eigenvalue weighted by Crippen LogP contribution is 2.23. The maximum absolute atomic E-state index is 11.5. The van der Waals surface area contributed by atoms with Crippen LogP contribution >= 0.6 is 11.8 Å². The number of benzene rings is 1. The van der Waals surface area contributed by atoms with E-state index < -0.39 is 6.29 Å². The zero-order valence-electron chi connectivity index (χ0n) is 8.54. The number of thioether (sulfide) groups is 1. The molecule has 0 aliphatic carbocycles. The molecule has 1 aromatic carbocycles. The van der Waals surface area contributed by atoms with Crippen LogP contribution in [0.5, 0.6) is 0 Å². The number of carbonyl (C=O) groups is 1. The number of carbonyl (C=O) groups excluding carboxylic acids is 1. The van der Waals surface area contributed by atoms with E-state index in [4.69, 9.17) is 14.6 Å². The van der Waals surface area contributed by atoms with Crippen LogP contribution in [0.2, 0.25) is 0 Å². The summed E-state index contributed by atoms with van der Waals surface area (Å²) in [7, 11) is 0. The van der Waals surface area contributed by atoms with Crippen molar-refractivity contribution in [3.05, 3.63) is 35.9 Å². The molecule has 0 spiro atoms. The van der Waals surface area contributed by atoms with Gasteiger partial charge in [-0.25, -0.2) is 4.79 Å². The number of esters is 1. The fraction of sp³-hybridized carbons (Fsp3) is 0.364. The Balaban J connectivity index is 1.80. The molecule has 1 aliphatic heterocycles. The standard InChI is InChI=1S/C11H12O4S/c12-9-7-16-10(15-9)6-14-11(13)8-4-2-1-3-5-8/h1-5,9-10,12H,6-7H2. The number of ether oxygens (including phenoxy) is 2. The summed E-state index contributed by atoms with van der Waals surface area (Å²) < 4.78 is 10.2.